The number of rotatable bonds is 1. The minimum Gasteiger partial charge on any atom is -0.309 e. The lowest BCUT2D eigenvalue weighted by Crippen LogP contribution is -2.23. The highest BCUT2D eigenvalue weighted by Gasteiger charge is 2.38. The summed E-state index contributed by atoms with van der Waals surface area (Å²) in [6.07, 6.45) is 4.86. The van der Waals surface area contributed by atoms with E-state index < -0.39 is 0 Å². The molecule has 2 atom stereocenters. The summed E-state index contributed by atoms with van der Waals surface area (Å²) >= 11 is 7.49. The number of hydrogen-bond donors (Lipinski definition) is 1. The van der Waals surface area contributed by atoms with Crippen LogP contribution in [-0.2, 0) is 5.88 Å². The maximum atomic E-state index is 12.0. The van der Waals surface area contributed by atoms with Crippen molar-refractivity contribution in [3.63, 3.8) is 0 Å². The third-order valence-corrected chi connectivity index (χ3v) is 5.09. The predicted octanol–water partition coefficient (Wildman–Crippen LogP) is 2.64. The highest BCUT2D eigenvalue weighted by Crippen LogP contribution is 2.49. The van der Waals surface area contributed by atoms with Crippen molar-refractivity contribution in [3.05, 3.63) is 21.7 Å². The molecule has 1 aromatic heterocycles. The van der Waals surface area contributed by atoms with Gasteiger partial charge < -0.3 is 4.98 Å². The monoisotopic (exact) mass is 256 g/mol. The Balaban J connectivity index is 2.08. The van der Waals surface area contributed by atoms with Crippen LogP contribution < -0.4 is 5.56 Å². The summed E-state index contributed by atoms with van der Waals surface area (Å²) in [5.74, 6) is 1.30. The molecule has 1 saturated carbocycles. The number of halogens is 1. The molecule has 2 heterocycles. The fourth-order valence-electron chi connectivity index (χ4n) is 2.70. The molecule has 5 heteroatoms. The van der Waals surface area contributed by atoms with Crippen molar-refractivity contribution in [1.29, 1.82) is 0 Å². The van der Waals surface area contributed by atoms with Crippen molar-refractivity contribution in [2.24, 2.45) is 0 Å². The third-order valence-electron chi connectivity index (χ3n) is 3.43. The first-order valence-electron chi connectivity index (χ1n) is 5.65. The van der Waals surface area contributed by atoms with E-state index in [9.17, 15) is 4.79 Å². The first-order chi connectivity index (χ1) is 7.79. The number of aromatic nitrogens is 2. The van der Waals surface area contributed by atoms with Crippen LogP contribution in [0.2, 0.25) is 0 Å². The van der Waals surface area contributed by atoms with Crippen LogP contribution in [0.4, 0.5) is 0 Å². The van der Waals surface area contributed by atoms with Gasteiger partial charge in [0.25, 0.3) is 5.56 Å². The van der Waals surface area contributed by atoms with Crippen molar-refractivity contribution in [2.75, 3.05) is 0 Å². The van der Waals surface area contributed by atoms with Crippen LogP contribution in [0, 0.1) is 0 Å². The summed E-state index contributed by atoms with van der Waals surface area (Å²) in [6, 6.07) is 0. The lowest BCUT2D eigenvalue weighted by molar-refractivity contribution is 0.457. The van der Waals surface area contributed by atoms with Crippen molar-refractivity contribution in [3.8, 4) is 0 Å². The van der Waals surface area contributed by atoms with Gasteiger partial charge in [0, 0.05) is 11.2 Å². The molecule has 2 aliphatic rings. The molecule has 1 N–H and O–H groups in total. The fraction of sp³-hybridized carbons (Fsp3) is 0.636. The van der Waals surface area contributed by atoms with E-state index in [1.165, 1.54) is 19.3 Å². The normalized spacial score (nSPS) is 27.6. The van der Waals surface area contributed by atoms with Gasteiger partial charge >= 0.3 is 0 Å². The average Bonchev–Trinajstić information content (AvgIpc) is 2.67. The van der Waals surface area contributed by atoms with E-state index in [4.69, 9.17) is 11.6 Å². The van der Waals surface area contributed by atoms with Crippen LogP contribution in [-0.4, -0.2) is 15.2 Å². The summed E-state index contributed by atoms with van der Waals surface area (Å²) in [6.45, 7) is 0. The van der Waals surface area contributed by atoms with E-state index in [1.54, 1.807) is 11.8 Å². The van der Waals surface area contributed by atoms with E-state index in [0.717, 1.165) is 17.0 Å². The van der Waals surface area contributed by atoms with Gasteiger partial charge in [0.1, 0.15) is 10.9 Å². The summed E-state index contributed by atoms with van der Waals surface area (Å²) in [5.41, 5.74) is 0.950. The molecule has 3 nitrogen and oxygen atoms in total. The topological polar surface area (TPSA) is 45.8 Å². The molecule has 0 radical (unpaired) electrons. The van der Waals surface area contributed by atoms with Gasteiger partial charge in [0.2, 0.25) is 0 Å². The Labute approximate surface area is 103 Å². The van der Waals surface area contributed by atoms with E-state index in [0.29, 0.717) is 17.0 Å². The average molecular weight is 257 g/mol. The second-order valence-corrected chi connectivity index (χ2v) is 5.91. The number of nitrogens with one attached hydrogen (secondary N) is 1. The summed E-state index contributed by atoms with van der Waals surface area (Å²) in [4.78, 5) is 19.2. The van der Waals surface area contributed by atoms with Crippen molar-refractivity contribution < 1.29 is 0 Å². The molecule has 0 amide bonds. The Hall–Kier alpha value is -0.480. The zero-order chi connectivity index (χ0) is 11.1. The Bertz CT molecular complexity index is 474. The predicted molar refractivity (Wildman–Crippen MR) is 65.3 cm³/mol. The van der Waals surface area contributed by atoms with Crippen LogP contribution in [0.15, 0.2) is 9.82 Å². The van der Waals surface area contributed by atoms with Crippen molar-refractivity contribution >= 4 is 23.4 Å². The van der Waals surface area contributed by atoms with Gasteiger partial charge in [0.15, 0.2) is 0 Å². The summed E-state index contributed by atoms with van der Waals surface area (Å²) in [7, 11) is 0. The van der Waals surface area contributed by atoms with Gasteiger partial charge in [-0.25, -0.2) is 4.98 Å². The van der Waals surface area contributed by atoms with Gasteiger partial charge in [-0.1, -0.05) is 12.8 Å². The first kappa shape index (κ1) is 10.7. The lowest BCUT2D eigenvalue weighted by atomic mass is 9.85. The Morgan fingerprint density at radius 1 is 1.44 bits per heavy atom. The van der Waals surface area contributed by atoms with Crippen molar-refractivity contribution in [1.82, 2.24) is 9.97 Å². The molecule has 1 fully saturated rings. The lowest BCUT2D eigenvalue weighted by Gasteiger charge is -2.23. The molecule has 0 aromatic carbocycles. The number of H-pyrrole nitrogens is 1. The zero-order valence-corrected chi connectivity index (χ0v) is 10.4. The number of alkyl halides is 1. The Kier molecular flexibility index (Phi) is 2.72. The Morgan fingerprint density at radius 3 is 3.06 bits per heavy atom. The van der Waals surface area contributed by atoms with Gasteiger partial charge in [-0.2, -0.15) is 0 Å². The van der Waals surface area contributed by atoms with E-state index in [-0.39, 0.29) is 11.4 Å². The first-order valence-corrected chi connectivity index (χ1v) is 7.06. The molecular weight excluding hydrogens is 244 g/mol. The third kappa shape index (κ3) is 1.59. The molecule has 0 spiro atoms. The molecule has 86 valence electrons. The summed E-state index contributed by atoms with van der Waals surface area (Å²) < 4.78 is 0. The van der Waals surface area contributed by atoms with Gasteiger partial charge in [-0.3, -0.25) is 4.79 Å². The van der Waals surface area contributed by atoms with Crippen LogP contribution >= 0.6 is 23.4 Å². The molecule has 0 bridgehead atoms. The van der Waals surface area contributed by atoms with Gasteiger partial charge in [-0.05, 0) is 12.8 Å². The highest BCUT2D eigenvalue weighted by molar-refractivity contribution is 8.00. The quantitative estimate of drug-likeness (QED) is 0.621. The van der Waals surface area contributed by atoms with Gasteiger partial charge in [-0.15, -0.1) is 23.4 Å². The minimum atomic E-state index is 0.0301. The Morgan fingerprint density at radius 2 is 2.25 bits per heavy atom. The number of hydrogen-bond acceptors (Lipinski definition) is 3. The molecule has 16 heavy (non-hydrogen) atoms. The van der Waals surface area contributed by atoms with E-state index in [1.807, 2.05) is 0 Å². The molecular formula is C11H13ClN2OS. The molecule has 1 aliphatic heterocycles. The maximum Gasteiger partial charge on any atom is 0.255 e. The largest absolute Gasteiger partial charge is 0.309 e. The standard InChI is InChI=1S/C11H13ClN2OS/c12-5-8-13-10(15)9-6-3-1-2-4-7(6)16-11(9)14-8/h6-7H,1-5H2,(H,13,14,15)/t6-,7+/m1/s1. The molecule has 1 aromatic rings. The molecule has 0 unspecified atom stereocenters. The second-order valence-electron chi connectivity index (χ2n) is 4.41. The smallest absolute Gasteiger partial charge is 0.255 e. The maximum absolute atomic E-state index is 12.0. The molecule has 3 rings (SSSR count). The fourth-order valence-corrected chi connectivity index (χ4v) is 4.37. The van der Waals surface area contributed by atoms with Crippen LogP contribution in [0.25, 0.3) is 0 Å². The number of aromatic amines is 1. The molecule has 1 aliphatic carbocycles. The van der Waals surface area contributed by atoms with Gasteiger partial charge in [0.05, 0.1) is 11.4 Å². The zero-order valence-electron chi connectivity index (χ0n) is 8.83. The van der Waals surface area contributed by atoms with Crippen LogP contribution in [0.1, 0.15) is 43.0 Å². The van der Waals surface area contributed by atoms with Crippen LogP contribution in [0.3, 0.4) is 0 Å². The van der Waals surface area contributed by atoms with E-state index in [2.05, 4.69) is 9.97 Å². The van der Waals surface area contributed by atoms with E-state index >= 15 is 0 Å². The minimum absolute atomic E-state index is 0.0301. The number of nitrogens with zero attached hydrogens (tertiary/aromatic N) is 1. The number of fused-ring (bicyclic) bond motifs is 3. The summed E-state index contributed by atoms with van der Waals surface area (Å²) in [5, 5.41) is 1.50. The molecule has 0 saturated heterocycles. The van der Waals surface area contributed by atoms with Crippen LogP contribution in [0.5, 0.6) is 0 Å². The van der Waals surface area contributed by atoms with Crippen molar-refractivity contribution in [2.45, 2.75) is 47.8 Å². The number of thioether (sulfide) groups is 1. The second kappa shape index (κ2) is 4.08. The highest BCUT2D eigenvalue weighted by atomic mass is 35.5. The SMILES string of the molecule is O=c1[nH]c(CCl)nc2c1[C@@H]1CCCC[C@@H]1S2.